The second kappa shape index (κ2) is 9.41. The van der Waals surface area contributed by atoms with Gasteiger partial charge in [-0.3, -0.25) is 10.2 Å². The molecule has 0 bridgehead atoms. The zero-order valence-corrected chi connectivity index (χ0v) is 11.9. The Morgan fingerprint density at radius 1 is 1.35 bits per heavy atom. The number of nitrogens with one attached hydrogen (secondary N) is 1. The van der Waals surface area contributed by atoms with Gasteiger partial charge in [-0.2, -0.15) is 5.26 Å². The normalized spacial score (nSPS) is 14.9. The van der Waals surface area contributed by atoms with Crippen LogP contribution in [0, 0.1) is 11.3 Å². The van der Waals surface area contributed by atoms with Crippen molar-refractivity contribution in [2.75, 3.05) is 26.8 Å². The van der Waals surface area contributed by atoms with Crippen LogP contribution in [-0.4, -0.2) is 49.8 Å². The predicted molar refractivity (Wildman–Crippen MR) is 70.9 cm³/mol. The summed E-state index contributed by atoms with van der Waals surface area (Å²) < 4.78 is 5.12. The Hall–Kier alpha value is -0.630. The molecule has 0 amide bonds. The number of hydrogen-bond acceptors (Lipinski definition) is 4. The molecule has 0 aromatic carbocycles. The van der Waals surface area contributed by atoms with E-state index in [1.807, 2.05) is 0 Å². The van der Waals surface area contributed by atoms with E-state index in [1.165, 1.54) is 0 Å². The number of hydrogen-bond donors (Lipinski definition) is 1. The van der Waals surface area contributed by atoms with Gasteiger partial charge in [-0.15, -0.1) is 0 Å². The van der Waals surface area contributed by atoms with Gasteiger partial charge in [0, 0.05) is 32.3 Å². The highest BCUT2D eigenvalue weighted by atomic mass is 16.5. The van der Waals surface area contributed by atoms with Gasteiger partial charge >= 0.3 is 0 Å². The van der Waals surface area contributed by atoms with Crippen molar-refractivity contribution in [1.82, 2.24) is 10.2 Å². The fraction of sp³-hybridized carbons (Fsp3) is 0.923. The van der Waals surface area contributed by atoms with Crippen LogP contribution in [0.5, 0.6) is 0 Å². The molecule has 17 heavy (non-hydrogen) atoms. The number of nitriles is 1. The van der Waals surface area contributed by atoms with Crippen molar-refractivity contribution >= 4 is 0 Å². The van der Waals surface area contributed by atoms with Crippen molar-refractivity contribution in [3.63, 3.8) is 0 Å². The Morgan fingerprint density at radius 2 is 2.00 bits per heavy atom. The third kappa shape index (κ3) is 7.32. The van der Waals surface area contributed by atoms with Crippen LogP contribution in [-0.2, 0) is 4.74 Å². The summed E-state index contributed by atoms with van der Waals surface area (Å²) in [6.07, 6.45) is 1.09. The van der Waals surface area contributed by atoms with Gasteiger partial charge in [0.15, 0.2) is 0 Å². The average molecular weight is 241 g/mol. The van der Waals surface area contributed by atoms with Crippen LogP contribution in [0.4, 0.5) is 0 Å². The Labute approximate surface area is 106 Å². The molecule has 0 saturated heterocycles. The molecule has 2 unspecified atom stereocenters. The van der Waals surface area contributed by atoms with Gasteiger partial charge in [0.2, 0.25) is 0 Å². The molecule has 0 saturated carbocycles. The van der Waals surface area contributed by atoms with Crippen molar-refractivity contribution in [3.05, 3.63) is 0 Å². The molecule has 0 heterocycles. The van der Waals surface area contributed by atoms with Crippen molar-refractivity contribution in [2.24, 2.45) is 0 Å². The highest BCUT2D eigenvalue weighted by Crippen LogP contribution is 2.04. The molecule has 0 spiro atoms. The molecule has 0 aliphatic rings. The molecule has 100 valence electrons. The van der Waals surface area contributed by atoms with Crippen LogP contribution < -0.4 is 5.32 Å². The molecule has 0 aromatic heterocycles. The van der Waals surface area contributed by atoms with Crippen molar-refractivity contribution in [3.8, 4) is 6.07 Å². The zero-order valence-electron chi connectivity index (χ0n) is 11.9. The summed E-state index contributed by atoms with van der Waals surface area (Å²) in [5.41, 5.74) is 0. The second-order valence-electron chi connectivity index (χ2n) is 4.75. The van der Waals surface area contributed by atoms with Gasteiger partial charge in [0.25, 0.3) is 0 Å². The fourth-order valence-electron chi connectivity index (χ4n) is 1.73. The summed E-state index contributed by atoms with van der Waals surface area (Å²) in [6, 6.07) is 3.03. The van der Waals surface area contributed by atoms with Gasteiger partial charge < -0.3 is 4.74 Å². The third-order valence-electron chi connectivity index (χ3n) is 2.90. The molecule has 0 rings (SSSR count). The standard InChI is InChI=1S/C13H27N3O/c1-6-12(4)16(7-8-17-5)10-13(9-14)15-11(2)3/h11-13,15H,6-8,10H2,1-5H3. The Bertz CT molecular complexity index is 225. The summed E-state index contributed by atoms with van der Waals surface area (Å²) >= 11 is 0. The monoisotopic (exact) mass is 241 g/mol. The summed E-state index contributed by atoms with van der Waals surface area (Å²) in [5, 5.41) is 12.4. The molecule has 2 atom stereocenters. The SMILES string of the molecule is CCC(C)N(CCOC)CC(C#N)NC(C)C. The van der Waals surface area contributed by atoms with E-state index in [1.54, 1.807) is 7.11 Å². The quantitative estimate of drug-likeness (QED) is 0.666. The lowest BCUT2D eigenvalue weighted by Crippen LogP contribution is -2.46. The highest BCUT2D eigenvalue weighted by molar-refractivity contribution is 4.93. The summed E-state index contributed by atoms with van der Waals surface area (Å²) in [5.74, 6) is 0. The van der Waals surface area contributed by atoms with Gasteiger partial charge in [-0.05, 0) is 27.2 Å². The first kappa shape index (κ1) is 16.4. The van der Waals surface area contributed by atoms with E-state index in [0.717, 1.165) is 19.5 Å². The van der Waals surface area contributed by atoms with Crippen molar-refractivity contribution in [1.29, 1.82) is 5.26 Å². The molecule has 0 aliphatic heterocycles. The lowest BCUT2D eigenvalue weighted by atomic mass is 10.2. The van der Waals surface area contributed by atoms with Crippen molar-refractivity contribution in [2.45, 2.75) is 52.2 Å². The number of ether oxygens (including phenoxy) is 1. The van der Waals surface area contributed by atoms with E-state index in [-0.39, 0.29) is 6.04 Å². The second-order valence-corrected chi connectivity index (χ2v) is 4.75. The molecule has 1 N–H and O–H groups in total. The van der Waals surface area contributed by atoms with E-state index < -0.39 is 0 Å². The van der Waals surface area contributed by atoms with Crippen LogP contribution in [0.2, 0.25) is 0 Å². The zero-order chi connectivity index (χ0) is 13.3. The molecule has 0 aromatic rings. The van der Waals surface area contributed by atoms with Gasteiger partial charge in [0.05, 0.1) is 12.7 Å². The average Bonchev–Trinajstić information content (AvgIpc) is 2.31. The third-order valence-corrected chi connectivity index (χ3v) is 2.90. The maximum absolute atomic E-state index is 9.13. The fourth-order valence-corrected chi connectivity index (χ4v) is 1.73. The number of nitrogens with zero attached hydrogens (tertiary/aromatic N) is 2. The van der Waals surface area contributed by atoms with Crippen LogP contribution in [0.15, 0.2) is 0 Å². The first-order chi connectivity index (χ1) is 8.04. The van der Waals surface area contributed by atoms with E-state index in [4.69, 9.17) is 10.00 Å². The topological polar surface area (TPSA) is 48.3 Å². The highest BCUT2D eigenvalue weighted by Gasteiger charge is 2.17. The Morgan fingerprint density at radius 3 is 2.41 bits per heavy atom. The maximum Gasteiger partial charge on any atom is 0.108 e. The van der Waals surface area contributed by atoms with E-state index in [2.05, 4.69) is 44.0 Å². The first-order valence-corrected chi connectivity index (χ1v) is 6.43. The maximum atomic E-state index is 9.13. The van der Waals surface area contributed by atoms with E-state index in [9.17, 15) is 0 Å². The van der Waals surface area contributed by atoms with Gasteiger partial charge in [0.1, 0.15) is 6.04 Å². The molecular formula is C13H27N3O. The minimum atomic E-state index is -0.110. The van der Waals surface area contributed by atoms with E-state index in [0.29, 0.717) is 18.7 Å². The van der Waals surface area contributed by atoms with Crippen LogP contribution in [0.3, 0.4) is 0 Å². The summed E-state index contributed by atoms with van der Waals surface area (Å²) in [7, 11) is 1.71. The summed E-state index contributed by atoms with van der Waals surface area (Å²) in [6.45, 7) is 10.8. The van der Waals surface area contributed by atoms with Gasteiger partial charge in [-0.1, -0.05) is 6.92 Å². The minimum absolute atomic E-state index is 0.110. The molecule has 4 nitrogen and oxygen atoms in total. The number of methoxy groups -OCH3 is 1. The molecule has 4 heteroatoms. The Kier molecular flexibility index (Phi) is 9.06. The molecule has 0 radical (unpaired) electrons. The first-order valence-electron chi connectivity index (χ1n) is 6.43. The van der Waals surface area contributed by atoms with Crippen LogP contribution in [0.25, 0.3) is 0 Å². The Balaban J connectivity index is 4.33. The van der Waals surface area contributed by atoms with E-state index >= 15 is 0 Å². The number of rotatable bonds is 9. The van der Waals surface area contributed by atoms with Gasteiger partial charge in [-0.25, -0.2) is 0 Å². The van der Waals surface area contributed by atoms with Crippen LogP contribution >= 0.6 is 0 Å². The largest absolute Gasteiger partial charge is 0.383 e. The van der Waals surface area contributed by atoms with Crippen molar-refractivity contribution < 1.29 is 4.74 Å². The lowest BCUT2D eigenvalue weighted by Gasteiger charge is -2.30. The summed E-state index contributed by atoms with van der Waals surface area (Å²) in [4.78, 5) is 2.31. The molecule has 0 fully saturated rings. The predicted octanol–water partition coefficient (Wildman–Crippen LogP) is 1.62. The smallest absolute Gasteiger partial charge is 0.108 e. The lowest BCUT2D eigenvalue weighted by molar-refractivity contribution is 0.118. The van der Waals surface area contributed by atoms with Crippen LogP contribution in [0.1, 0.15) is 34.1 Å². The molecular weight excluding hydrogens is 214 g/mol. The molecule has 0 aliphatic carbocycles. The minimum Gasteiger partial charge on any atom is -0.383 e.